The number of hydrogen-bond donors (Lipinski definition) is 0. The molecular weight excluding hydrogens is 203 g/mol. The van der Waals surface area contributed by atoms with E-state index < -0.39 is 0 Å². The first-order valence-electron chi connectivity index (χ1n) is 5.58. The first-order chi connectivity index (χ1) is 7.79. The van der Waals surface area contributed by atoms with E-state index in [1.54, 1.807) is 12.1 Å². The van der Waals surface area contributed by atoms with Crippen LogP contribution >= 0.6 is 0 Å². The van der Waals surface area contributed by atoms with Gasteiger partial charge in [-0.15, -0.1) is 0 Å². The third kappa shape index (κ3) is 2.48. The summed E-state index contributed by atoms with van der Waals surface area (Å²) >= 11 is 0. The lowest BCUT2D eigenvalue weighted by atomic mass is 10.1. The fraction of sp³-hybridized carbons (Fsp3) is 0.308. The summed E-state index contributed by atoms with van der Waals surface area (Å²) in [7, 11) is 0. The van der Waals surface area contributed by atoms with Crippen molar-refractivity contribution < 1.29 is 4.39 Å². The highest BCUT2D eigenvalue weighted by Gasteiger charge is 2.01. The molecule has 0 atom stereocenters. The maximum Gasteiger partial charge on any atom is 0.123 e. The van der Waals surface area contributed by atoms with Crippen LogP contribution in [0.25, 0.3) is 11.1 Å². The average molecular weight is 218 g/mol. The number of rotatable bonds is 4. The van der Waals surface area contributed by atoms with Crippen molar-refractivity contribution in [3.05, 3.63) is 42.5 Å². The number of aromatic nitrogens is 2. The molecule has 2 nitrogen and oxygen atoms in total. The van der Waals surface area contributed by atoms with Gasteiger partial charge in [-0.1, -0.05) is 25.5 Å². The molecule has 0 unspecified atom stereocenters. The van der Waals surface area contributed by atoms with Crippen LogP contribution in [-0.4, -0.2) is 9.78 Å². The van der Waals surface area contributed by atoms with Gasteiger partial charge in [-0.25, -0.2) is 4.39 Å². The molecule has 1 aromatic carbocycles. The van der Waals surface area contributed by atoms with Crippen molar-refractivity contribution in [2.75, 3.05) is 0 Å². The molecule has 0 aliphatic carbocycles. The molecule has 0 amide bonds. The van der Waals surface area contributed by atoms with E-state index in [1.165, 1.54) is 12.1 Å². The number of hydrogen-bond acceptors (Lipinski definition) is 1. The SMILES string of the molecule is CCCCn1cc(-c2ccc(F)cc2)cn1. The van der Waals surface area contributed by atoms with E-state index in [-0.39, 0.29) is 5.82 Å². The molecule has 1 aromatic heterocycles. The van der Waals surface area contributed by atoms with E-state index in [9.17, 15) is 4.39 Å². The highest BCUT2D eigenvalue weighted by Crippen LogP contribution is 2.18. The lowest BCUT2D eigenvalue weighted by Gasteiger charge is -1.98. The van der Waals surface area contributed by atoms with Crippen molar-refractivity contribution in [2.45, 2.75) is 26.3 Å². The van der Waals surface area contributed by atoms with Gasteiger partial charge in [-0.3, -0.25) is 4.68 Å². The fourth-order valence-corrected chi connectivity index (χ4v) is 1.60. The molecule has 0 aliphatic heterocycles. The van der Waals surface area contributed by atoms with Crippen LogP contribution in [0.3, 0.4) is 0 Å². The summed E-state index contributed by atoms with van der Waals surface area (Å²) in [6.07, 6.45) is 6.11. The summed E-state index contributed by atoms with van der Waals surface area (Å²) in [5.41, 5.74) is 2.04. The molecule has 0 spiro atoms. The van der Waals surface area contributed by atoms with E-state index >= 15 is 0 Å². The van der Waals surface area contributed by atoms with Gasteiger partial charge in [0, 0.05) is 18.3 Å². The maximum atomic E-state index is 12.8. The number of halogens is 1. The van der Waals surface area contributed by atoms with Gasteiger partial charge in [0.1, 0.15) is 5.82 Å². The molecular formula is C13H15FN2. The zero-order valence-corrected chi connectivity index (χ0v) is 9.36. The first-order valence-corrected chi connectivity index (χ1v) is 5.58. The van der Waals surface area contributed by atoms with Gasteiger partial charge in [-0.2, -0.15) is 5.10 Å². The zero-order chi connectivity index (χ0) is 11.4. The smallest absolute Gasteiger partial charge is 0.123 e. The van der Waals surface area contributed by atoms with E-state index in [4.69, 9.17) is 0 Å². The Hall–Kier alpha value is -1.64. The Balaban J connectivity index is 2.15. The summed E-state index contributed by atoms with van der Waals surface area (Å²) < 4.78 is 14.7. The topological polar surface area (TPSA) is 17.8 Å². The normalized spacial score (nSPS) is 10.6. The summed E-state index contributed by atoms with van der Waals surface area (Å²) in [5, 5.41) is 4.28. The van der Waals surface area contributed by atoms with Crippen molar-refractivity contribution in [3.63, 3.8) is 0 Å². The van der Waals surface area contributed by atoms with Crippen LogP contribution in [0.4, 0.5) is 4.39 Å². The molecule has 0 saturated heterocycles. The third-order valence-corrected chi connectivity index (χ3v) is 2.55. The van der Waals surface area contributed by atoms with Crippen molar-refractivity contribution in [2.24, 2.45) is 0 Å². The molecule has 0 N–H and O–H groups in total. The molecule has 16 heavy (non-hydrogen) atoms. The largest absolute Gasteiger partial charge is 0.272 e. The predicted molar refractivity (Wildman–Crippen MR) is 62.5 cm³/mol. The predicted octanol–water partition coefficient (Wildman–Crippen LogP) is 3.49. The fourth-order valence-electron chi connectivity index (χ4n) is 1.60. The Morgan fingerprint density at radius 1 is 1.19 bits per heavy atom. The van der Waals surface area contributed by atoms with Gasteiger partial charge in [0.2, 0.25) is 0 Å². The Morgan fingerprint density at radius 3 is 2.62 bits per heavy atom. The van der Waals surface area contributed by atoms with Gasteiger partial charge in [0.25, 0.3) is 0 Å². The van der Waals surface area contributed by atoms with Crippen molar-refractivity contribution in [3.8, 4) is 11.1 Å². The van der Waals surface area contributed by atoms with Crippen LogP contribution < -0.4 is 0 Å². The molecule has 2 rings (SSSR count). The van der Waals surface area contributed by atoms with Gasteiger partial charge >= 0.3 is 0 Å². The van der Waals surface area contributed by atoms with Crippen LogP contribution in [0.5, 0.6) is 0 Å². The van der Waals surface area contributed by atoms with Crippen molar-refractivity contribution in [1.82, 2.24) is 9.78 Å². The monoisotopic (exact) mass is 218 g/mol. The minimum Gasteiger partial charge on any atom is -0.272 e. The highest BCUT2D eigenvalue weighted by molar-refractivity contribution is 5.61. The third-order valence-electron chi connectivity index (χ3n) is 2.55. The first kappa shape index (κ1) is 10.9. The van der Waals surface area contributed by atoms with Gasteiger partial charge < -0.3 is 0 Å². The molecule has 1 heterocycles. The number of aryl methyl sites for hydroxylation is 1. The average Bonchev–Trinajstić information content (AvgIpc) is 2.76. The molecule has 3 heteroatoms. The standard InChI is InChI=1S/C13H15FN2/c1-2-3-8-16-10-12(9-15-16)11-4-6-13(14)7-5-11/h4-7,9-10H,2-3,8H2,1H3. The van der Waals surface area contributed by atoms with Gasteiger partial charge in [-0.05, 0) is 24.1 Å². The Kier molecular flexibility index (Phi) is 3.34. The maximum absolute atomic E-state index is 12.8. The second-order valence-corrected chi connectivity index (χ2v) is 3.85. The molecule has 2 aromatic rings. The molecule has 0 aliphatic rings. The second kappa shape index (κ2) is 4.92. The van der Waals surface area contributed by atoms with Crippen molar-refractivity contribution >= 4 is 0 Å². The summed E-state index contributed by atoms with van der Waals surface area (Å²) in [6.45, 7) is 3.10. The Bertz CT molecular complexity index is 445. The zero-order valence-electron chi connectivity index (χ0n) is 9.36. The van der Waals surface area contributed by atoms with Crippen LogP contribution in [0.15, 0.2) is 36.7 Å². The quantitative estimate of drug-likeness (QED) is 0.768. The van der Waals surface area contributed by atoms with Crippen molar-refractivity contribution in [1.29, 1.82) is 0 Å². The van der Waals surface area contributed by atoms with Gasteiger partial charge in [0.15, 0.2) is 0 Å². The van der Waals surface area contributed by atoms with Crippen LogP contribution in [-0.2, 0) is 6.54 Å². The Labute approximate surface area is 94.7 Å². The number of benzene rings is 1. The second-order valence-electron chi connectivity index (χ2n) is 3.85. The number of nitrogens with zero attached hydrogens (tertiary/aromatic N) is 2. The minimum atomic E-state index is -0.206. The van der Waals surface area contributed by atoms with Crippen LogP contribution in [0.1, 0.15) is 19.8 Å². The molecule has 0 fully saturated rings. The van der Waals surface area contributed by atoms with Crippen LogP contribution in [0.2, 0.25) is 0 Å². The Morgan fingerprint density at radius 2 is 1.94 bits per heavy atom. The summed E-state index contributed by atoms with van der Waals surface area (Å²) in [4.78, 5) is 0. The highest BCUT2D eigenvalue weighted by atomic mass is 19.1. The van der Waals surface area contributed by atoms with E-state index in [2.05, 4.69) is 12.0 Å². The lowest BCUT2D eigenvalue weighted by molar-refractivity contribution is 0.572. The molecule has 0 bridgehead atoms. The summed E-state index contributed by atoms with van der Waals surface area (Å²) in [6, 6.07) is 6.49. The van der Waals surface area contributed by atoms with Crippen LogP contribution in [0, 0.1) is 5.82 Å². The van der Waals surface area contributed by atoms with E-state index in [1.807, 2.05) is 17.1 Å². The summed E-state index contributed by atoms with van der Waals surface area (Å²) in [5.74, 6) is -0.206. The van der Waals surface area contributed by atoms with Gasteiger partial charge in [0.05, 0.1) is 6.20 Å². The minimum absolute atomic E-state index is 0.206. The molecule has 0 radical (unpaired) electrons. The number of unbranched alkanes of at least 4 members (excludes halogenated alkanes) is 1. The molecule has 84 valence electrons. The molecule has 0 saturated carbocycles. The lowest BCUT2D eigenvalue weighted by Crippen LogP contribution is -1.96. The van der Waals surface area contributed by atoms with E-state index in [0.29, 0.717) is 0 Å². The van der Waals surface area contributed by atoms with E-state index in [0.717, 1.165) is 30.5 Å².